The summed E-state index contributed by atoms with van der Waals surface area (Å²) in [7, 11) is -4.29. The van der Waals surface area contributed by atoms with E-state index in [1.807, 2.05) is 0 Å². The summed E-state index contributed by atoms with van der Waals surface area (Å²) in [5.41, 5.74) is 0.428. The number of rotatable bonds is 4. The van der Waals surface area contributed by atoms with Gasteiger partial charge in [-0.2, -0.15) is 0 Å². The summed E-state index contributed by atoms with van der Waals surface area (Å²) in [6, 6.07) is 9.97. The Bertz CT molecular complexity index is 1130. The van der Waals surface area contributed by atoms with Crippen LogP contribution >= 0.6 is 0 Å². The molecule has 28 heavy (non-hydrogen) atoms. The molecule has 2 amide bonds. The van der Waals surface area contributed by atoms with Crippen molar-refractivity contribution < 1.29 is 48.3 Å². The number of ketones is 1. The Morgan fingerprint density at radius 2 is 1.71 bits per heavy atom. The second-order valence-electron chi connectivity index (χ2n) is 7.23. The number of benzene rings is 2. The van der Waals surface area contributed by atoms with Gasteiger partial charge in [-0.05, 0) is 0 Å². The molecule has 0 spiro atoms. The molecule has 0 N–H and O–H groups in total. The van der Waals surface area contributed by atoms with Crippen LogP contribution in [0.25, 0.3) is 10.8 Å². The summed E-state index contributed by atoms with van der Waals surface area (Å²) in [5.74, 6) is -2.10. The molecule has 7 nitrogen and oxygen atoms in total. The number of hydrogen-bond donors (Lipinski definition) is 0. The third kappa shape index (κ3) is 2.63. The summed E-state index contributed by atoms with van der Waals surface area (Å²) in [4.78, 5) is 37.9. The van der Waals surface area contributed by atoms with E-state index in [-0.39, 0.29) is 16.9 Å². The maximum atomic E-state index is 12.8. The Morgan fingerprint density at radius 1 is 1.07 bits per heavy atom. The minimum absolute atomic E-state index is 0.0184. The fourth-order valence-electron chi connectivity index (χ4n) is 4.20. The summed E-state index contributed by atoms with van der Waals surface area (Å²) < 4.78 is 30.0. The summed E-state index contributed by atoms with van der Waals surface area (Å²) in [6.45, 7) is 0. The van der Waals surface area contributed by atoms with E-state index >= 15 is 0 Å². The van der Waals surface area contributed by atoms with Crippen molar-refractivity contribution in [2.45, 2.75) is 26.6 Å². The van der Waals surface area contributed by atoms with Gasteiger partial charge >= 0.3 is 172 Å². The van der Waals surface area contributed by atoms with E-state index in [0.717, 1.165) is 11.8 Å². The molecule has 2 fully saturated rings. The predicted molar refractivity (Wildman–Crippen MR) is 94.7 cm³/mol. The van der Waals surface area contributed by atoms with Crippen LogP contribution in [0, 0.1) is 0 Å². The fraction of sp³-hybridized carbons (Fsp3) is 0.316. The Labute approximate surface area is 171 Å². The van der Waals surface area contributed by atoms with Gasteiger partial charge in [-0.15, -0.1) is 0 Å². The first-order chi connectivity index (χ1) is 13.3. The maximum absolute atomic E-state index is 12.8. The van der Waals surface area contributed by atoms with Crippen molar-refractivity contribution in [2.75, 3.05) is 5.75 Å². The normalized spacial score (nSPS) is 26.8. The number of halogens is 1. The number of carbonyl (C=O) groups excluding carboxylic acids is 3. The third-order valence-corrected chi connectivity index (χ3v) is 11.9. The van der Waals surface area contributed by atoms with E-state index < -0.39 is 52.3 Å². The average Bonchev–Trinajstić information content (AvgIpc) is 3.19. The van der Waals surface area contributed by atoms with Gasteiger partial charge in [0.15, 0.2) is 0 Å². The van der Waals surface area contributed by atoms with Crippen LogP contribution in [0.15, 0.2) is 36.4 Å². The number of hydrogen-bond acceptors (Lipinski definition) is 6. The van der Waals surface area contributed by atoms with Gasteiger partial charge in [-0.25, -0.2) is 0 Å². The molecule has 0 radical (unpaired) electrons. The molecule has 146 valence electrons. The van der Waals surface area contributed by atoms with Gasteiger partial charge in [0.25, 0.3) is 0 Å². The number of hydroxylamine groups is 2. The number of imide groups is 1. The van der Waals surface area contributed by atoms with Crippen LogP contribution in [0.4, 0.5) is 0 Å². The quantitative estimate of drug-likeness (QED) is 0.286. The van der Waals surface area contributed by atoms with Gasteiger partial charge in [-0.1, -0.05) is 0 Å². The number of carbonyl (C=O) groups is 3. The zero-order chi connectivity index (χ0) is 19.7. The fourth-order valence-corrected chi connectivity index (χ4v) is 11.3. The van der Waals surface area contributed by atoms with Crippen LogP contribution in [0.3, 0.4) is 0 Å². The SMILES string of the molecule is O=C1c2cccc3cccc(c23)C(=O)N1OS(=O)(=O)CC12CCC(CC1=O)[I-]2. The molecule has 2 aromatic rings. The van der Waals surface area contributed by atoms with Crippen LogP contribution < -0.4 is 21.2 Å². The molecular weight excluding hydrogens is 497 g/mol. The van der Waals surface area contributed by atoms with Gasteiger partial charge in [0, 0.05) is 0 Å². The standard InChI is InChI=1S/C19H15INO6S/c22-15-9-12-7-8-19(15,20-12)10-28(25,26)27-21-17(23)13-5-1-3-11-4-2-6-14(16(11)13)18(21)24/h1-6,12H,7-10H2/q-1. The Kier molecular flexibility index (Phi) is 3.95. The summed E-state index contributed by atoms with van der Waals surface area (Å²) in [5, 5.41) is 1.54. The molecule has 9 heteroatoms. The monoisotopic (exact) mass is 512 g/mol. The minimum atomic E-state index is -4.29. The molecule has 5 rings (SSSR count). The number of amides is 2. The molecule has 2 bridgehead atoms. The van der Waals surface area contributed by atoms with E-state index in [2.05, 4.69) is 0 Å². The number of alkyl halides is 2. The van der Waals surface area contributed by atoms with Gasteiger partial charge in [-0.3, -0.25) is 0 Å². The van der Waals surface area contributed by atoms with Crippen LogP contribution in [-0.4, -0.2) is 44.2 Å². The average molecular weight is 512 g/mol. The van der Waals surface area contributed by atoms with Crippen LogP contribution in [-0.2, 0) is 19.2 Å². The molecule has 2 unspecified atom stereocenters. The van der Waals surface area contributed by atoms with Crippen molar-refractivity contribution in [1.29, 1.82) is 0 Å². The van der Waals surface area contributed by atoms with E-state index in [1.54, 1.807) is 24.3 Å². The first-order valence-corrected chi connectivity index (χ1v) is 12.7. The van der Waals surface area contributed by atoms with E-state index in [0.29, 0.717) is 27.2 Å². The van der Waals surface area contributed by atoms with Gasteiger partial charge in [0.2, 0.25) is 0 Å². The molecule has 2 saturated heterocycles. The molecule has 2 aromatic carbocycles. The van der Waals surface area contributed by atoms with Crippen LogP contribution in [0.2, 0.25) is 0 Å². The van der Waals surface area contributed by atoms with Crippen molar-refractivity contribution in [1.82, 2.24) is 5.06 Å². The second-order valence-corrected chi connectivity index (χ2v) is 13.2. The molecule has 0 aromatic heterocycles. The number of Topliss-reactive ketones (excluding diaryl/α,β-unsaturated/α-hetero) is 1. The van der Waals surface area contributed by atoms with Crippen LogP contribution in [0.1, 0.15) is 40.0 Å². The molecule has 3 aliphatic heterocycles. The molecule has 0 aliphatic carbocycles. The van der Waals surface area contributed by atoms with Crippen molar-refractivity contribution in [2.24, 2.45) is 0 Å². The molecule has 3 heterocycles. The van der Waals surface area contributed by atoms with E-state index in [4.69, 9.17) is 4.28 Å². The first-order valence-electron chi connectivity index (χ1n) is 8.80. The zero-order valence-electron chi connectivity index (χ0n) is 14.6. The Morgan fingerprint density at radius 3 is 2.25 bits per heavy atom. The topological polar surface area (TPSA) is 97.8 Å². The number of nitrogens with zero attached hydrogens (tertiary/aromatic N) is 1. The van der Waals surface area contributed by atoms with Crippen LogP contribution in [0.5, 0.6) is 0 Å². The van der Waals surface area contributed by atoms with Gasteiger partial charge in [0.1, 0.15) is 0 Å². The van der Waals surface area contributed by atoms with Gasteiger partial charge in [0.05, 0.1) is 0 Å². The third-order valence-electron chi connectivity index (χ3n) is 5.45. The number of fused-ring (bicyclic) bond motifs is 2. The Balaban J connectivity index is 1.48. The van der Waals surface area contributed by atoms with Crippen molar-refractivity contribution in [3.8, 4) is 0 Å². The summed E-state index contributed by atoms with van der Waals surface area (Å²) in [6.07, 6.45) is 1.86. The molecule has 0 saturated carbocycles. The summed E-state index contributed by atoms with van der Waals surface area (Å²) >= 11 is -0.580. The van der Waals surface area contributed by atoms with E-state index in [1.165, 1.54) is 12.1 Å². The van der Waals surface area contributed by atoms with E-state index in [9.17, 15) is 22.8 Å². The first kappa shape index (κ1) is 18.2. The predicted octanol–water partition coefficient (Wildman–Crippen LogP) is -1.34. The van der Waals surface area contributed by atoms with Gasteiger partial charge < -0.3 is 0 Å². The van der Waals surface area contributed by atoms with Crippen molar-refractivity contribution in [3.05, 3.63) is 47.5 Å². The second kappa shape index (κ2) is 6.07. The molecule has 2 atom stereocenters. The van der Waals surface area contributed by atoms with Crippen molar-refractivity contribution >= 4 is 38.5 Å². The van der Waals surface area contributed by atoms with Crippen molar-refractivity contribution in [3.63, 3.8) is 0 Å². The molecule has 3 aliphatic rings. The molecular formula is C19H15INO6S-. The Hall–Kier alpha value is -1.85. The zero-order valence-corrected chi connectivity index (χ0v) is 17.5.